The van der Waals surface area contributed by atoms with E-state index in [1.165, 1.54) is 33.9 Å². The number of fused-ring (bicyclic) bond motifs is 2. The van der Waals surface area contributed by atoms with Crippen LogP contribution >= 0.6 is 31.0 Å². The summed E-state index contributed by atoms with van der Waals surface area (Å²) < 4.78 is 61.5. The van der Waals surface area contributed by atoms with Crippen molar-refractivity contribution in [2.45, 2.75) is 65.2 Å². The fourth-order valence-electron chi connectivity index (χ4n) is 6.37. The van der Waals surface area contributed by atoms with Gasteiger partial charge in [-0.3, -0.25) is 0 Å². The number of likely N-dealkylation sites (N-methyl/N-ethyl adjacent to an activating group) is 1. The van der Waals surface area contributed by atoms with Crippen molar-refractivity contribution >= 4 is 48.1 Å². The molecule has 2 aromatic rings. The summed E-state index contributed by atoms with van der Waals surface area (Å²) in [6.45, 7) is 15.1. The van der Waals surface area contributed by atoms with Gasteiger partial charge in [-0.2, -0.15) is 4.58 Å². The Kier molecular flexibility index (Phi) is 8.74. The summed E-state index contributed by atoms with van der Waals surface area (Å²) >= 11 is 12.7. The molecule has 1 N–H and O–H groups in total. The molecular formula is C33H37Cl2F6N2OP. The van der Waals surface area contributed by atoms with E-state index in [2.05, 4.69) is 99.6 Å². The fourth-order valence-corrected chi connectivity index (χ4v) is 6.72. The molecule has 0 aromatic heterocycles. The first-order valence-corrected chi connectivity index (χ1v) is 17.3. The number of nitrogens with zero attached hydrogens (tertiary/aromatic N) is 2. The van der Waals surface area contributed by atoms with Crippen molar-refractivity contribution in [1.82, 2.24) is 0 Å². The molecule has 2 heterocycles. The van der Waals surface area contributed by atoms with Crippen molar-refractivity contribution in [3.8, 4) is 0 Å². The Bertz CT molecular complexity index is 1690. The Morgan fingerprint density at radius 2 is 1.42 bits per heavy atom. The van der Waals surface area contributed by atoms with Gasteiger partial charge in [0.2, 0.25) is 5.69 Å². The number of aliphatic hydroxyl groups excluding tert-OH is 1. The standard InChI is InChI=1S/C33H36Cl2N2O.F6P/c1-7-36-27-15-13-23(34)19-25(27)32(3,4)29(36)17-11-21-9-10-22(31(21)38)12-18-30-33(5,6)26-20-24(35)14-16-28(26)37(30)8-2;1-7(2,3,4,5)6/h11-20H,7-10H2,1-6H3;/q;-1/p+1. The van der Waals surface area contributed by atoms with Crippen molar-refractivity contribution in [2.75, 3.05) is 18.0 Å². The predicted molar refractivity (Wildman–Crippen MR) is 175 cm³/mol. The van der Waals surface area contributed by atoms with Crippen LogP contribution in [0.2, 0.25) is 10.0 Å². The second kappa shape index (κ2) is 11.2. The zero-order valence-electron chi connectivity index (χ0n) is 25.9. The molecule has 0 fully saturated rings. The first kappa shape index (κ1) is 35.1. The van der Waals surface area contributed by atoms with E-state index in [-0.39, 0.29) is 10.8 Å². The molecule has 0 amide bonds. The van der Waals surface area contributed by atoms with Crippen molar-refractivity contribution < 1.29 is 34.9 Å². The number of halogens is 8. The van der Waals surface area contributed by atoms with Gasteiger partial charge in [0, 0.05) is 51.1 Å². The van der Waals surface area contributed by atoms with Crippen LogP contribution in [0.4, 0.5) is 36.6 Å². The van der Waals surface area contributed by atoms with Crippen LogP contribution in [0.5, 0.6) is 0 Å². The van der Waals surface area contributed by atoms with Crippen LogP contribution in [0.3, 0.4) is 0 Å². The van der Waals surface area contributed by atoms with Gasteiger partial charge in [0.05, 0.1) is 5.41 Å². The van der Waals surface area contributed by atoms with E-state index >= 15 is 0 Å². The second-order valence-electron chi connectivity index (χ2n) is 12.4. The molecule has 0 saturated carbocycles. The molecule has 3 nitrogen and oxygen atoms in total. The molecule has 5 rings (SSSR count). The van der Waals surface area contributed by atoms with E-state index in [4.69, 9.17) is 23.2 Å². The molecule has 1 aliphatic carbocycles. The number of hydrogen-bond donors (Lipinski definition) is 1. The molecule has 0 bridgehead atoms. The summed E-state index contributed by atoms with van der Waals surface area (Å²) in [4.78, 5) is 2.35. The number of benzene rings is 2. The van der Waals surface area contributed by atoms with E-state index in [0.717, 1.165) is 47.1 Å². The maximum atomic E-state index is 11.2. The average molecular weight is 694 g/mol. The molecule has 0 unspecified atom stereocenters. The zero-order valence-corrected chi connectivity index (χ0v) is 28.3. The van der Waals surface area contributed by atoms with Crippen LogP contribution in [0, 0.1) is 0 Å². The molecule has 2 aliphatic heterocycles. The van der Waals surface area contributed by atoms with Crippen LogP contribution in [0.1, 0.15) is 65.5 Å². The Labute approximate surface area is 270 Å². The van der Waals surface area contributed by atoms with E-state index < -0.39 is 7.81 Å². The quantitative estimate of drug-likeness (QED) is 0.192. The number of aliphatic hydroxyl groups is 1. The molecular weight excluding hydrogens is 656 g/mol. The molecule has 3 aliphatic rings. The third-order valence-corrected chi connectivity index (χ3v) is 8.97. The van der Waals surface area contributed by atoms with Gasteiger partial charge < -0.3 is 10.0 Å². The van der Waals surface area contributed by atoms with Gasteiger partial charge in [0.15, 0.2) is 5.71 Å². The summed E-state index contributed by atoms with van der Waals surface area (Å²) in [6, 6.07) is 12.3. The van der Waals surface area contributed by atoms with Crippen LogP contribution < -0.4 is 4.90 Å². The van der Waals surface area contributed by atoms with E-state index in [0.29, 0.717) is 5.76 Å². The fraction of sp³-hybridized carbons (Fsp3) is 0.364. The van der Waals surface area contributed by atoms with Gasteiger partial charge in [0.25, 0.3) is 0 Å². The molecule has 0 spiro atoms. The van der Waals surface area contributed by atoms with E-state index in [9.17, 15) is 30.3 Å². The van der Waals surface area contributed by atoms with Crippen LogP contribution in [-0.2, 0) is 10.8 Å². The molecule has 45 heavy (non-hydrogen) atoms. The van der Waals surface area contributed by atoms with E-state index in [1.54, 1.807) is 0 Å². The molecule has 0 saturated heterocycles. The molecule has 12 heteroatoms. The van der Waals surface area contributed by atoms with Gasteiger partial charge >= 0.3 is 33.0 Å². The van der Waals surface area contributed by atoms with Crippen LogP contribution in [0.25, 0.3) is 0 Å². The van der Waals surface area contributed by atoms with Crippen LogP contribution in [-0.4, -0.2) is 28.5 Å². The molecule has 0 atom stereocenters. The summed E-state index contributed by atoms with van der Waals surface area (Å²) in [6.07, 6.45) is 10.2. The summed E-state index contributed by atoms with van der Waals surface area (Å²) in [7, 11) is -10.7. The van der Waals surface area contributed by atoms with Crippen molar-refractivity contribution in [2.24, 2.45) is 0 Å². The Hall–Kier alpha value is -2.74. The average Bonchev–Trinajstić information content (AvgIpc) is 3.43. The topological polar surface area (TPSA) is 26.5 Å². The number of allylic oxidation sites excluding steroid dienone is 7. The maximum absolute atomic E-state index is 11.2. The third-order valence-electron chi connectivity index (χ3n) is 8.50. The number of hydrogen-bond acceptors (Lipinski definition) is 2. The van der Waals surface area contributed by atoms with Crippen molar-refractivity contribution in [3.05, 3.63) is 104 Å². The third kappa shape index (κ3) is 7.81. The SMILES string of the molecule is CCN1C(=CC=C2CCC(C=CC3=[N+](CC)c4ccc(Cl)cc4C3(C)C)=C2O)C(C)(C)c2cc(Cl)ccc21.F[P-](F)(F)(F)(F)F. The minimum absolute atomic E-state index is 0.166. The van der Waals surface area contributed by atoms with Gasteiger partial charge in [0.1, 0.15) is 12.3 Å². The minimum atomic E-state index is -10.7. The monoisotopic (exact) mass is 692 g/mol. The molecule has 0 radical (unpaired) electrons. The van der Waals surface area contributed by atoms with Gasteiger partial charge in [-0.25, -0.2) is 0 Å². The Morgan fingerprint density at radius 1 is 0.844 bits per heavy atom. The van der Waals surface area contributed by atoms with Gasteiger partial charge in [-0.05, 0) is 99.7 Å². The summed E-state index contributed by atoms with van der Waals surface area (Å²) in [5, 5.41) is 12.7. The van der Waals surface area contributed by atoms with Crippen molar-refractivity contribution in [1.29, 1.82) is 0 Å². The summed E-state index contributed by atoms with van der Waals surface area (Å²) in [5.74, 6) is 0.400. The number of rotatable bonds is 5. The van der Waals surface area contributed by atoms with Crippen LogP contribution in [0.15, 0.2) is 83.3 Å². The zero-order chi connectivity index (χ0) is 33.8. The van der Waals surface area contributed by atoms with Crippen molar-refractivity contribution in [3.63, 3.8) is 0 Å². The first-order valence-electron chi connectivity index (χ1n) is 14.6. The number of anilines is 1. The first-order chi connectivity index (χ1) is 20.4. The summed E-state index contributed by atoms with van der Waals surface area (Å²) in [5.41, 5.74) is 8.98. The Morgan fingerprint density at radius 3 is 2.00 bits per heavy atom. The molecule has 2 aromatic carbocycles. The Balaban J connectivity index is 0.000000591. The second-order valence-corrected chi connectivity index (χ2v) is 15.1. The van der Waals surface area contributed by atoms with E-state index in [1.807, 2.05) is 12.1 Å². The molecule has 246 valence electrons. The predicted octanol–water partition coefficient (Wildman–Crippen LogP) is 12.6. The van der Waals surface area contributed by atoms with Gasteiger partial charge in [-0.1, -0.05) is 43.1 Å². The normalized spacial score (nSPS) is 22.1. The van der Waals surface area contributed by atoms with Gasteiger partial charge in [-0.15, -0.1) is 0 Å².